The van der Waals surface area contributed by atoms with Gasteiger partial charge in [0.2, 0.25) is 0 Å². The number of ketones is 1. The van der Waals surface area contributed by atoms with Gasteiger partial charge in [-0.25, -0.2) is 0 Å². The quantitative estimate of drug-likeness (QED) is 0.295. The second kappa shape index (κ2) is 9.41. The first-order valence-electron chi connectivity index (χ1n) is 11.3. The molecule has 0 spiro atoms. The Morgan fingerprint density at radius 2 is 1.36 bits per heavy atom. The maximum Gasteiger partial charge on any atom is 0.317 e. The lowest BCUT2D eigenvalue weighted by Gasteiger charge is -2.56. The number of rotatable bonds is 11. The van der Waals surface area contributed by atoms with Crippen LogP contribution in [0.25, 0.3) is 0 Å². The van der Waals surface area contributed by atoms with Crippen LogP contribution < -0.4 is 0 Å². The highest BCUT2D eigenvalue weighted by atomic mass is 16.5. The molecule has 0 radical (unpaired) electrons. The van der Waals surface area contributed by atoms with E-state index in [2.05, 4.69) is 0 Å². The van der Waals surface area contributed by atoms with Crippen LogP contribution in [0.15, 0.2) is 0 Å². The first-order valence-corrected chi connectivity index (χ1v) is 11.3. The Hall–Kier alpha value is -1.39. The van der Waals surface area contributed by atoms with Crippen LogP contribution in [0, 0.1) is 29.1 Å². The Bertz CT molecular complexity index is 546. The van der Waals surface area contributed by atoms with Crippen LogP contribution in [0.1, 0.15) is 84.5 Å². The monoisotopic (exact) mass is 392 g/mol. The maximum absolute atomic E-state index is 13.6. The van der Waals surface area contributed by atoms with Crippen molar-refractivity contribution in [3.63, 3.8) is 0 Å². The molecule has 5 nitrogen and oxygen atoms in total. The summed E-state index contributed by atoms with van der Waals surface area (Å²) in [7, 11) is 0. The van der Waals surface area contributed by atoms with Gasteiger partial charge in [-0.05, 0) is 69.1 Å². The zero-order valence-corrected chi connectivity index (χ0v) is 17.5. The summed E-state index contributed by atoms with van der Waals surface area (Å²) in [5, 5.41) is 0. The largest absolute Gasteiger partial charge is 0.466 e. The van der Waals surface area contributed by atoms with Gasteiger partial charge in [-0.3, -0.25) is 14.4 Å². The second-order valence-corrected chi connectivity index (χ2v) is 9.41. The Morgan fingerprint density at radius 3 is 1.86 bits per heavy atom. The van der Waals surface area contributed by atoms with Crippen molar-refractivity contribution in [2.24, 2.45) is 29.1 Å². The molecule has 28 heavy (non-hydrogen) atoms. The van der Waals surface area contributed by atoms with Crippen molar-refractivity contribution in [2.45, 2.75) is 84.5 Å². The summed E-state index contributed by atoms with van der Waals surface area (Å²) in [6, 6.07) is 0. The number of carbonyl (C=O) groups excluding carboxylic acids is 3. The van der Waals surface area contributed by atoms with E-state index in [4.69, 9.17) is 9.47 Å². The van der Waals surface area contributed by atoms with E-state index in [-0.39, 0.29) is 12.2 Å². The van der Waals surface area contributed by atoms with Crippen molar-refractivity contribution in [2.75, 3.05) is 13.2 Å². The van der Waals surface area contributed by atoms with Gasteiger partial charge in [-0.1, -0.05) is 26.7 Å². The fourth-order valence-electron chi connectivity index (χ4n) is 6.04. The van der Waals surface area contributed by atoms with Crippen molar-refractivity contribution in [1.82, 2.24) is 0 Å². The molecule has 4 aliphatic carbocycles. The van der Waals surface area contributed by atoms with Gasteiger partial charge >= 0.3 is 11.9 Å². The summed E-state index contributed by atoms with van der Waals surface area (Å²) in [6.45, 7) is 4.71. The molecule has 0 saturated heterocycles. The molecule has 4 aliphatic rings. The lowest BCUT2D eigenvalue weighted by Crippen LogP contribution is -2.53. The smallest absolute Gasteiger partial charge is 0.317 e. The third-order valence-corrected chi connectivity index (χ3v) is 7.04. The average molecular weight is 393 g/mol. The molecule has 1 atom stereocenters. The molecule has 0 aromatic carbocycles. The van der Waals surface area contributed by atoms with E-state index in [1.807, 2.05) is 13.8 Å². The van der Waals surface area contributed by atoms with Gasteiger partial charge in [-0.15, -0.1) is 0 Å². The van der Waals surface area contributed by atoms with Gasteiger partial charge in [0.15, 0.2) is 5.78 Å². The average Bonchev–Trinajstić information content (AvgIpc) is 2.65. The molecule has 158 valence electrons. The molecular weight excluding hydrogens is 356 g/mol. The first kappa shape index (κ1) is 21.3. The predicted molar refractivity (Wildman–Crippen MR) is 105 cm³/mol. The molecule has 4 rings (SSSR count). The van der Waals surface area contributed by atoms with Crippen molar-refractivity contribution >= 4 is 17.7 Å². The number of hydrogen-bond acceptors (Lipinski definition) is 5. The molecule has 0 N–H and O–H groups in total. The van der Waals surface area contributed by atoms with Crippen LogP contribution in [-0.4, -0.2) is 30.9 Å². The van der Waals surface area contributed by atoms with Crippen molar-refractivity contribution in [3.8, 4) is 0 Å². The fourth-order valence-corrected chi connectivity index (χ4v) is 6.04. The predicted octanol–water partition coefficient (Wildman–Crippen LogP) is 4.46. The number of Topliss-reactive ketones (excluding diaryl/α,β-unsaturated/α-hetero) is 1. The number of ether oxygens (including phenoxy) is 2. The third-order valence-electron chi connectivity index (χ3n) is 7.04. The molecule has 0 aromatic heterocycles. The molecule has 4 saturated carbocycles. The summed E-state index contributed by atoms with van der Waals surface area (Å²) >= 11 is 0. The summed E-state index contributed by atoms with van der Waals surface area (Å²) in [5.41, 5.74) is -0.410. The minimum absolute atomic E-state index is 0.0412. The number of carbonyl (C=O) groups is 3. The first-order chi connectivity index (χ1) is 13.5. The van der Waals surface area contributed by atoms with Crippen molar-refractivity contribution in [1.29, 1.82) is 0 Å². The van der Waals surface area contributed by atoms with E-state index < -0.39 is 23.3 Å². The summed E-state index contributed by atoms with van der Waals surface area (Å²) < 4.78 is 10.6. The van der Waals surface area contributed by atoms with Gasteiger partial charge in [0.1, 0.15) is 5.92 Å². The topological polar surface area (TPSA) is 69.7 Å². The standard InChI is InChI=1S/C23H36O5/c1-3-5-7-27-20(24)12-19(22(26)28-8-6-4-2)21(25)23-13-16-9-17(14-23)11-18(10-16)15-23/h16-19H,3-15H2,1-2H3. The van der Waals surface area contributed by atoms with Crippen LogP contribution in [0.4, 0.5) is 0 Å². The van der Waals surface area contributed by atoms with E-state index in [1.165, 1.54) is 19.3 Å². The minimum Gasteiger partial charge on any atom is -0.466 e. The third kappa shape index (κ3) is 4.77. The molecule has 5 heteroatoms. The highest BCUT2D eigenvalue weighted by Gasteiger charge is 2.56. The second-order valence-electron chi connectivity index (χ2n) is 9.41. The van der Waals surface area contributed by atoms with Gasteiger partial charge in [-0.2, -0.15) is 0 Å². The summed E-state index contributed by atoms with van der Waals surface area (Å²) in [6.07, 6.45) is 9.61. The minimum atomic E-state index is -0.998. The molecule has 4 bridgehead atoms. The van der Waals surface area contributed by atoms with E-state index >= 15 is 0 Å². The van der Waals surface area contributed by atoms with Crippen LogP contribution in [-0.2, 0) is 23.9 Å². The van der Waals surface area contributed by atoms with Crippen molar-refractivity contribution < 1.29 is 23.9 Å². The number of hydrogen-bond donors (Lipinski definition) is 0. The molecule has 0 amide bonds. The van der Waals surface area contributed by atoms with Crippen LogP contribution in [0.5, 0.6) is 0 Å². The van der Waals surface area contributed by atoms with Crippen LogP contribution in [0.3, 0.4) is 0 Å². The molecule has 0 aromatic rings. The normalized spacial score (nSPS) is 31.4. The molecule has 4 fully saturated rings. The number of unbranched alkanes of at least 4 members (excludes halogenated alkanes) is 2. The van der Waals surface area contributed by atoms with Gasteiger partial charge in [0, 0.05) is 5.41 Å². The van der Waals surface area contributed by atoms with E-state index in [1.54, 1.807) is 0 Å². The van der Waals surface area contributed by atoms with E-state index in [0.29, 0.717) is 31.0 Å². The van der Waals surface area contributed by atoms with Crippen LogP contribution in [0.2, 0.25) is 0 Å². The molecular formula is C23H36O5. The Kier molecular flexibility index (Phi) is 7.16. The maximum atomic E-state index is 13.6. The van der Waals surface area contributed by atoms with Gasteiger partial charge in [0.05, 0.1) is 19.6 Å². The lowest BCUT2D eigenvalue weighted by molar-refractivity contribution is -0.166. The Labute approximate surface area is 168 Å². The molecule has 0 aliphatic heterocycles. The Balaban J connectivity index is 1.70. The fraction of sp³-hybridized carbons (Fsp3) is 0.870. The van der Waals surface area contributed by atoms with Gasteiger partial charge < -0.3 is 9.47 Å². The zero-order chi connectivity index (χ0) is 20.1. The highest BCUT2D eigenvalue weighted by molar-refractivity contribution is 6.04. The SMILES string of the molecule is CCCCOC(=O)CC(C(=O)OCCCC)C(=O)C12CC3CC(CC(C3)C1)C2. The van der Waals surface area contributed by atoms with E-state index in [9.17, 15) is 14.4 Å². The molecule has 0 heterocycles. The lowest BCUT2D eigenvalue weighted by atomic mass is 9.47. The van der Waals surface area contributed by atoms with E-state index in [0.717, 1.165) is 44.9 Å². The van der Waals surface area contributed by atoms with Crippen LogP contribution >= 0.6 is 0 Å². The summed E-state index contributed by atoms with van der Waals surface area (Å²) in [4.78, 5) is 38.7. The number of esters is 2. The zero-order valence-electron chi connectivity index (χ0n) is 17.5. The molecule has 1 unspecified atom stereocenters. The summed E-state index contributed by atoms with van der Waals surface area (Å²) in [5.74, 6) is -0.177. The Morgan fingerprint density at radius 1 is 0.857 bits per heavy atom. The van der Waals surface area contributed by atoms with Gasteiger partial charge in [0.25, 0.3) is 0 Å². The van der Waals surface area contributed by atoms with Crippen molar-refractivity contribution in [3.05, 3.63) is 0 Å². The highest BCUT2D eigenvalue weighted by Crippen LogP contribution is 2.61.